The Hall–Kier alpha value is -2.37. The predicted octanol–water partition coefficient (Wildman–Crippen LogP) is 2.50. The van der Waals surface area contributed by atoms with E-state index in [4.69, 9.17) is 4.74 Å². The Morgan fingerprint density at radius 3 is 2.76 bits per heavy atom. The molecule has 0 bridgehead atoms. The Bertz CT molecular complexity index is 649. The van der Waals surface area contributed by atoms with Crippen molar-refractivity contribution < 1.29 is 9.53 Å². The first-order valence-corrected chi connectivity index (χ1v) is 6.93. The van der Waals surface area contributed by atoms with Gasteiger partial charge in [-0.05, 0) is 19.4 Å². The highest BCUT2D eigenvalue weighted by Crippen LogP contribution is 2.24. The zero-order chi connectivity index (χ0) is 15.4. The van der Waals surface area contributed by atoms with Crippen LogP contribution in [0.25, 0.3) is 5.82 Å². The maximum atomic E-state index is 11.4. The third kappa shape index (κ3) is 3.39. The topological polar surface area (TPSA) is 69.0 Å². The smallest absolute Gasteiger partial charge is 0.221 e. The molecule has 0 atom stereocenters. The molecule has 2 aromatic heterocycles. The lowest BCUT2D eigenvalue weighted by Gasteiger charge is -2.13. The summed E-state index contributed by atoms with van der Waals surface area (Å²) in [6.07, 6.45) is 3.74. The van der Waals surface area contributed by atoms with E-state index >= 15 is 0 Å². The summed E-state index contributed by atoms with van der Waals surface area (Å²) in [5, 5.41) is 2.80. The third-order valence-electron chi connectivity index (χ3n) is 2.97. The van der Waals surface area contributed by atoms with Crippen molar-refractivity contribution in [2.75, 3.05) is 12.4 Å². The average Bonchev–Trinajstić information content (AvgIpc) is 2.80. The van der Waals surface area contributed by atoms with Gasteiger partial charge >= 0.3 is 0 Å². The number of hydrogen-bond donors (Lipinski definition) is 1. The lowest BCUT2D eigenvalue weighted by Crippen LogP contribution is -2.12. The first-order chi connectivity index (χ1) is 10.0. The number of carbonyl (C=O) groups is 1. The molecule has 0 aromatic carbocycles. The van der Waals surface area contributed by atoms with Crippen LogP contribution in [-0.2, 0) is 11.2 Å². The molecule has 0 aliphatic carbocycles. The van der Waals surface area contributed by atoms with Crippen LogP contribution in [0.5, 0.6) is 5.88 Å². The minimum Gasteiger partial charge on any atom is -0.481 e. The van der Waals surface area contributed by atoms with E-state index in [2.05, 4.69) is 22.2 Å². The number of methoxy groups -OCH3 is 1. The quantitative estimate of drug-likeness (QED) is 0.917. The largest absolute Gasteiger partial charge is 0.481 e. The zero-order valence-electron chi connectivity index (χ0n) is 12.8. The summed E-state index contributed by atoms with van der Waals surface area (Å²) in [6, 6.07) is 3.51. The molecule has 1 amide bonds. The third-order valence-corrected chi connectivity index (χ3v) is 2.97. The van der Waals surface area contributed by atoms with E-state index in [1.165, 1.54) is 6.92 Å². The number of pyridine rings is 1. The van der Waals surface area contributed by atoms with Crippen LogP contribution in [0.1, 0.15) is 31.8 Å². The zero-order valence-corrected chi connectivity index (χ0v) is 12.8. The molecule has 0 aliphatic rings. The second-order valence-corrected chi connectivity index (χ2v) is 4.82. The Morgan fingerprint density at radius 1 is 1.38 bits per heavy atom. The molecule has 0 aliphatic heterocycles. The van der Waals surface area contributed by atoms with E-state index in [1.54, 1.807) is 19.2 Å². The van der Waals surface area contributed by atoms with Gasteiger partial charge in [0, 0.05) is 25.6 Å². The molecule has 2 rings (SSSR count). The van der Waals surface area contributed by atoms with Gasteiger partial charge in [-0.1, -0.05) is 6.92 Å². The van der Waals surface area contributed by atoms with Gasteiger partial charge in [0.25, 0.3) is 0 Å². The number of aromatic nitrogens is 3. The molecule has 0 saturated heterocycles. The number of imidazole rings is 1. The summed E-state index contributed by atoms with van der Waals surface area (Å²) in [4.78, 5) is 20.4. The fraction of sp³-hybridized carbons (Fsp3) is 0.400. The lowest BCUT2D eigenvalue weighted by molar-refractivity contribution is -0.114. The first kappa shape index (κ1) is 15.0. The van der Waals surface area contributed by atoms with E-state index in [0.717, 1.165) is 24.4 Å². The molecular weight excluding hydrogens is 268 g/mol. The van der Waals surface area contributed by atoms with Gasteiger partial charge in [-0.25, -0.2) is 4.98 Å². The van der Waals surface area contributed by atoms with Crippen LogP contribution < -0.4 is 10.1 Å². The van der Waals surface area contributed by atoms with Gasteiger partial charge in [0.2, 0.25) is 11.8 Å². The number of nitrogens with zero attached hydrogens (tertiary/aromatic N) is 3. The van der Waals surface area contributed by atoms with Crippen molar-refractivity contribution >= 4 is 11.6 Å². The standard InChI is InChI=1S/C15H20N4O2/c1-5-6-13-16-10(2)9-19(13)15-12(17-11(3)20)7-8-14(18-15)21-4/h7-9H,5-6H2,1-4H3,(H,17,20). The molecule has 112 valence electrons. The monoisotopic (exact) mass is 288 g/mol. The second kappa shape index (κ2) is 6.39. The van der Waals surface area contributed by atoms with Gasteiger partial charge in [-0.3, -0.25) is 9.36 Å². The molecule has 0 radical (unpaired) electrons. The Labute approximate surface area is 124 Å². The number of rotatable bonds is 5. The molecule has 2 heterocycles. The summed E-state index contributed by atoms with van der Waals surface area (Å²) in [6.45, 7) is 5.51. The van der Waals surface area contributed by atoms with Crippen LogP contribution in [0, 0.1) is 6.92 Å². The van der Waals surface area contributed by atoms with Crippen LogP contribution in [0.3, 0.4) is 0 Å². The molecule has 0 fully saturated rings. The molecule has 2 aromatic rings. The molecule has 6 heteroatoms. The summed E-state index contributed by atoms with van der Waals surface area (Å²) >= 11 is 0. The van der Waals surface area contributed by atoms with Crippen LogP contribution in [-0.4, -0.2) is 27.6 Å². The minimum atomic E-state index is -0.142. The maximum absolute atomic E-state index is 11.4. The van der Waals surface area contributed by atoms with Crippen molar-refractivity contribution in [3.63, 3.8) is 0 Å². The van der Waals surface area contributed by atoms with Gasteiger partial charge in [0.05, 0.1) is 18.5 Å². The van der Waals surface area contributed by atoms with E-state index in [-0.39, 0.29) is 5.91 Å². The number of aryl methyl sites for hydroxylation is 2. The molecule has 0 unspecified atom stereocenters. The van der Waals surface area contributed by atoms with Gasteiger partial charge in [-0.15, -0.1) is 0 Å². The normalized spacial score (nSPS) is 10.5. The number of nitrogens with one attached hydrogen (secondary N) is 1. The number of carbonyl (C=O) groups excluding carboxylic acids is 1. The molecule has 21 heavy (non-hydrogen) atoms. The van der Waals surface area contributed by atoms with Crippen LogP contribution >= 0.6 is 0 Å². The van der Waals surface area contributed by atoms with Gasteiger partial charge in [0.1, 0.15) is 5.82 Å². The number of anilines is 1. The van der Waals surface area contributed by atoms with E-state index in [9.17, 15) is 4.79 Å². The van der Waals surface area contributed by atoms with Gasteiger partial charge in [0.15, 0.2) is 5.82 Å². The fourth-order valence-electron chi connectivity index (χ4n) is 2.15. The average molecular weight is 288 g/mol. The van der Waals surface area contributed by atoms with Crippen molar-refractivity contribution in [2.45, 2.75) is 33.6 Å². The summed E-state index contributed by atoms with van der Waals surface area (Å²) in [5.41, 5.74) is 1.55. The second-order valence-electron chi connectivity index (χ2n) is 4.82. The van der Waals surface area contributed by atoms with Crippen molar-refractivity contribution in [1.82, 2.24) is 14.5 Å². The van der Waals surface area contributed by atoms with Crippen LogP contribution in [0.15, 0.2) is 18.3 Å². The van der Waals surface area contributed by atoms with E-state index in [1.807, 2.05) is 17.7 Å². The molecule has 6 nitrogen and oxygen atoms in total. The summed E-state index contributed by atoms with van der Waals surface area (Å²) in [7, 11) is 1.57. The molecule has 0 saturated carbocycles. The number of amides is 1. The fourth-order valence-corrected chi connectivity index (χ4v) is 2.15. The van der Waals surface area contributed by atoms with Crippen molar-refractivity contribution in [2.24, 2.45) is 0 Å². The number of hydrogen-bond acceptors (Lipinski definition) is 4. The lowest BCUT2D eigenvalue weighted by atomic mass is 10.3. The van der Waals surface area contributed by atoms with E-state index in [0.29, 0.717) is 17.4 Å². The predicted molar refractivity (Wildman–Crippen MR) is 80.9 cm³/mol. The highest BCUT2D eigenvalue weighted by Gasteiger charge is 2.14. The summed E-state index contributed by atoms with van der Waals surface area (Å²) in [5.74, 6) is 1.89. The number of ether oxygens (including phenoxy) is 1. The first-order valence-electron chi connectivity index (χ1n) is 6.93. The van der Waals surface area contributed by atoms with Gasteiger partial charge < -0.3 is 10.1 Å². The van der Waals surface area contributed by atoms with Crippen LogP contribution in [0.2, 0.25) is 0 Å². The minimum absolute atomic E-state index is 0.142. The Morgan fingerprint density at radius 2 is 2.14 bits per heavy atom. The highest BCUT2D eigenvalue weighted by atomic mass is 16.5. The molecule has 1 N–H and O–H groups in total. The van der Waals surface area contributed by atoms with Crippen molar-refractivity contribution in [1.29, 1.82) is 0 Å². The highest BCUT2D eigenvalue weighted by molar-refractivity contribution is 5.90. The molecular formula is C15H20N4O2. The van der Waals surface area contributed by atoms with Gasteiger partial charge in [-0.2, -0.15) is 4.98 Å². The van der Waals surface area contributed by atoms with Crippen LogP contribution in [0.4, 0.5) is 5.69 Å². The summed E-state index contributed by atoms with van der Waals surface area (Å²) < 4.78 is 7.09. The Balaban J connectivity index is 2.56. The van der Waals surface area contributed by atoms with Crippen molar-refractivity contribution in [3.8, 4) is 11.7 Å². The Kier molecular flexibility index (Phi) is 4.57. The maximum Gasteiger partial charge on any atom is 0.221 e. The molecule has 0 spiro atoms. The van der Waals surface area contributed by atoms with E-state index < -0.39 is 0 Å². The van der Waals surface area contributed by atoms with Crippen molar-refractivity contribution in [3.05, 3.63) is 29.8 Å². The SMILES string of the molecule is CCCc1nc(C)cn1-c1nc(OC)ccc1NC(C)=O.